The molecule has 1 aromatic carbocycles. The fourth-order valence-corrected chi connectivity index (χ4v) is 2.82. The van der Waals surface area contributed by atoms with Crippen LogP contribution in [-0.2, 0) is 4.79 Å². The molecule has 114 valence electrons. The van der Waals surface area contributed by atoms with E-state index in [0.29, 0.717) is 23.1 Å². The second-order valence-corrected chi connectivity index (χ2v) is 5.92. The zero-order chi connectivity index (χ0) is 15.4. The van der Waals surface area contributed by atoms with Crippen molar-refractivity contribution in [3.05, 3.63) is 29.8 Å². The molecule has 2 amide bonds. The van der Waals surface area contributed by atoms with Crippen LogP contribution in [0.5, 0.6) is 5.75 Å². The van der Waals surface area contributed by atoms with Gasteiger partial charge < -0.3 is 15.4 Å². The van der Waals surface area contributed by atoms with Gasteiger partial charge in [0.05, 0.1) is 0 Å². The number of nitrogens with two attached hydrogens (primary N) is 1. The summed E-state index contributed by atoms with van der Waals surface area (Å²) < 4.78 is 5.48. The molecule has 0 radical (unpaired) electrons. The Balaban J connectivity index is 1.87. The number of carbonyl (C=O) groups excluding carboxylic acids is 2. The van der Waals surface area contributed by atoms with E-state index in [1.54, 1.807) is 24.3 Å². The number of nitrogens with zero attached hydrogens (tertiary/aromatic N) is 1. The van der Waals surface area contributed by atoms with Crippen LogP contribution in [0.1, 0.15) is 30.6 Å². The van der Waals surface area contributed by atoms with Gasteiger partial charge in [-0.3, -0.25) is 9.59 Å². The Kier molecular flexibility index (Phi) is 4.83. The molecule has 0 unspecified atom stereocenters. The summed E-state index contributed by atoms with van der Waals surface area (Å²) in [6, 6.07) is 6.48. The summed E-state index contributed by atoms with van der Waals surface area (Å²) in [5.41, 5.74) is 5.59. The maximum Gasteiger partial charge on any atom is 0.260 e. The highest BCUT2D eigenvalue weighted by atomic mass is 16.5. The van der Waals surface area contributed by atoms with Crippen LogP contribution >= 0.6 is 0 Å². The van der Waals surface area contributed by atoms with Crippen molar-refractivity contribution in [3.8, 4) is 5.75 Å². The SMILES string of the molecule is C[C@@H]1C[C@H](C)CN(C(=O)COc2ccc(C(N)=O)cc2)C1. The zero-order valence-corrected chi connectivity index (χ0v) is 12.5. The first-order valence-electron chi connectivity index (χ1n) is 7.26. The smallest absolute Gasteiger partial charge is 0.260 e. The quantitative estimate of drug-likeness (QED) is 0.916. The van der Waals surface area contributed by atoms with Crippen LogP contribution in [0.3, 0.4) is 0 Å². The van der Waals surface area contributed by atoms with Crippen molar-refractivity contribution < 1.29 is 14.3 Å². The number of ether oxygens (including phenoxy) is 1. The second kappa shape index (κ2) is 6.61. The highest BCUT2D eigenvalue weighted by Gasteiger charge is 2.25. The predicted molar refractivity (Wildman–Crippen MR) is 80.0 cm³/mol. The van der Waals surface area contributed by atoms with Crippen LogP contribution in [0.25, 0.3) is 0 Å². The first-order chi connectivity index (χ1) is 9.95. The van der Waals surface area contributed by atoms with Crippen molar-refractivity contribution in [1.82, 2.24) is 4.90 Å². The van der Waals surface area contributed by atoms with E-state index < -0.39 is 5.91 Å². The summed E-state index contributed by atoms with van der Waals surface area (Å²) >= 11 is 0. The number of carbonyl (C=O) groups is 2. The monoisotopic (exact) mass is 290 g/mol. The lowest BCUT2D eigenvalue weighted by Crippen LogP contribution is -2.44. The minimum atomic E-state index is -0.478. The minimum absolute atomic E-state index is 0.00683. The molecule has 5 heteroatoms. The molecule has 0 aromatic heterocycles. The summed E-state index contributed by atoms with van der Waals surface area (Å²) in [4.78, 5) is 25.0. The zero-order valence-electron chi connectivity index (χ0n) is 12.5. The Morgan fingerprint density at radius 3 is 2.29 bits per heavy atom. The number of hydrogen-bond donors (Lipinski definition) is 1. The van der Waals surface area contributed by atoms with E-state index >= 15 is 0 Å². The minimum Gasteiger partial charge on any atom is -0.484 e. The van der Waals surface area contributed by atoms with Gasteiger partial charge in [-0.2, -0.15) is 0 Å². The molecule has 1 saturated heterocycles. The van der Waals surface area contributed by atoms with Crippen LogP contribution in [-0.4, -0.2) is 36.4 Å². The second-order valence-electron chi connectivity index (χ2n) is 5.92. The van der Waals surface area contributed by atoms with Gasteiger partial charge in [-0.1, -0.05) is 13.8 Å². The van der Waals surface area contributed by atoms with E-state index in [9.17, 15) is 9.59 Å². The van der Waals surface area contributed by atoms with Gasteiger partial charge in [-0.25, -0.2) is 0 Å². The number of piperidine rings is 1. The van der Waals surface area contributed by atoms with E-state index in [1.807, 2.05) is 4.90 Å². The molecule has 0 saturated carbocycles. The molecule has 0 bridgehead atoms. The summed E-state index contributed by atoms with van der Waals surface area (Å²) in [6.45, 7) is 5.95. The Morgan fingerprint density at radius 2 is 1.76 bits per heavy atom. The third kappa shape index (κ3) is 4.21. The van der Waals surface area contributed by atoms with Crippen LogP contribution in [0.2, 0.25) is 0 Å². The van der Waals surface area contributed by atoms with E-state index in [0.717, 1.165) is 13.1 Å². The molecule has 1 aromatic rings. The van der Waals surface area contributed by atoms with Crippen molar-refractivity contribution in [2.45, 2.75) is 20.3 Å². The Morgan fingerprint density at radius 1 is 1.19 bits per heavy atom. The number of benzene rings is 1. The van der Waals surface area contributed by atoms with Gasteiger partial charge in [0.25, 0.3) is 5.91 Å². The average Bonchev–Trinajstić information content (AvgIpc) is 2.44. The third-order valence-corrected chi connectivity index (χ3v) is 3.72. The fraction of sp³-hybridized carbons (Fsp3) is 0.500. The maximum atomic E-state index is 12.2. The number of rotatable bonds is 4. The molecule has 5 nitrogen and oxygen atoms in total. The van der Waals surface area contributed by atoms with Crippen molar-refractivity contribution in [3.63, 3.8) is 0 Å². The number of hydrogen-bond acceptors (Lipinski definition) is 3. The molecule has 21 heavy (non-hydrogen) atoms. The lowest BCUT2D eigenvalue weighted by atomic mass is 9.92. The fourth-order valence-electron chi connectivity index (χ4n) is 2.82. The van der Waals surface area contributed by atoms with Gasteiger partial charge in [-0.05, 0) is 42.5 Å². The molecule has 0 spiro atoms. The first-order valence-corrected chi connectivity index (χ1v) is 7.26. The van der Waals surface area contributed by atoms with Gasteiger partial charge in [0.15, 0.2) is 6.61 Å². The maximum absolute atomic E-state index is 12.2. The molecule has 1 aliphatic heterocycles. The van der Waals surface area contributed by atoms with Crippen LogP contribution in [0.4, 0.5) is 0 Å². The Hall–Kier alpha value is -2.04. The molecule has 1 fully saturated rings. The van der Waals surface area contributed by atoms with E-state index in [1.165, 1.54) is 6.42 Å². The molecular weight excluding hydrogens is 268 g/mol. The van der Waals surface area contributed by atoms with Crippen LogP contribution in [0, 0.1) is 11.8 Å². The van der Waals surface area contributed by atoms with Gasteiger partial charge in [-0.15, -0.1) is 0 Å². The van der Waals surface area contributed by atoms with Gasteiger partial charge in [0.2, 0.25) is 5.91 Å². The lowest BCUT2D eigenvalue weighted by molar-refractivity contribution is -0.136. The summed E-state index contributed by atoms with van der Waals surface area (Å²) in [6.07, 6.45) is 1.17. The number of likely N-dealkylation sites (tertiary alicyclic amines) is 1. The van der Waals surface area contributed by atoms with Crippen molar-refractivity contribution in [1.29, 1.82) is 0 Å². The lowest BCUT2D eigenvalue weighted by Gasteiger charge is -2.34. The van der Waals surface area contributed by atoms with Gasteiger partial charge in [0, 0.05) is 18.7 Å². The van der Waals surface area contributed by atoms with Crippen LogP contribution in [0.15, 0.2) is 24.3 Å². The standard InChI is InChI=1S/C16H22N2O3/c1-11-7-12(2)9-18(8-11)15(19)10-21-14-5-3-13(4-6-14)16(17)20/h3-6,11-12H,7-10H2,1-2H3,(H2,17,20)/t11-,12+. The van der Waals surface area contributed by atoms with Gasteiger partial charge >= 0.3 is 0 Å². The highest BCUT2D eigenvalue weighted by Crippen LogP contribution is 2.21. The molecule has 2 rings (SSSR count). The third-order valence-electron chi connectivity index (χ3n) is 3.72. The van der Waals surface area contributed by atoms with Crippen molar-refractivity contribution in [2.24, 2.45) is 17.6 Å². The largest absolute Gasteiger partial charge is 0.484 e. The summed E-state index contributed by atoms with van der Waals surface area (Å²) in [7, 11) is 0. The van der Waals surface area contributed by atoms with E-state index in [4.69, 9.17) is 10.5 Å². The van der Waals surface area contributed by atoms with E-state index in [-0.39, 0.29) is 12.5 Å². The highest BCUT2D eigenvalue weighted by molar-refractivity contribution is 5.92. The molecule has 2 atom stereocenters. The average molecular weight is 290 g/mol. The number of primary amides is 1. The molecule has 2 N–H and O–H groups in total. The van der Waals surface area contributed by atoms with E-state index in [2.05, 4.69) is 13.8 Å². The van der Waals surface area contributed by atoms with Crippen LogP contribution < -0.4 is 10.5 Å². The Bertz CT molecular complexity index is 503. The molecule has 1 heterocycles. The van der Waals surface area contributed by atoms with Gasteiger partial charge in [0.1, 0.15) is 5.75 Å². The number of amides is 2. The Labute approximate surface area is 125 Å². The van der Waals surface area contributed by atoms with Crippen molar-refractivity contribution in [2.75, 3.05) is 19.7 Å². The molecular formula is C16H22N2O3. The predicted octanol–water partition coefficient (Wildman–Crippen LogP) is 1.67. The summed E-state index contributed by atoms with van der Waals surface area (Å²) in [5.74, 6) is 1.16. The van der Waals surface area contributed by atoms with Crippen molar-refractivity contribution >= 4 is 11.8 Å². The molecule has 0 aliphatic carbocycles. The normalized spacial score (nSPS) is 21.9. The molecule has 1 aliphatic rings. The first kappa shape index (κ1) is 15.4. The topological polar surface area (TPSA) is 72.6 Å². The summed E-state index contributed by atoms with van der Waals surface area (Å²) in [5, 5.41) is 0.